The monoisotopic (exact) mass is 566 g/mol. The number of alkyl halides is 3. The number of aromatic nitrogens is 3. The van der Waals surface area contributed by atoms with E-state index in [0.717, 1.165) is 48.5 Å². The van der Waals surface area contributed by atoms with Gasteiger partial charge in [0.1, 0.15) is 16.8 Å². The molecule has 0 bridgehead atoms. The van der Waals surface area contributed by atoms with E-state index in [9.17, 15) is 22.8 Å². The Hall–Kier alpha value is -4.25. The zero-order valence-electron chi connectivity index (χ0n) is 21.4. The van der Waals surface area contributed by atoms with Crippen molar-refractivity contribution in [2.75, 3.05) is 11.1 Å². The van der Waals surface area contributed by atoms with Gasteiger partial charge in [0, 0.05) is 16.6 Å². The first-order chi connectivity index (χ1) is 19.2. The summed E-state index contributed by atoms with van der Waals surface area (Å²) in [6, 6.07) is 19.9. The number of rotatable bonds is 9. The van der Waals surface area contributed by atoms with Gasteiger partial charge in [0.25, 0.3) is 5.56 Å². The van der Waals surface area contributed by atoms with E-state index in [0.29, 0.717) is 16.7 Å². The summed E-state index contributed by atoms with van der Waals surface area (Å²) in [5.74, 6) is -0.758. The minimum Gasteiger partial charge on any atom is -0.406 e. The molecule has 11 heteroatoms. The molecule has 5 rings (SSSR count). The van der Waals surface area contributed by atoms with Crippen molar-refractivity contribution < 1.29 is 22.7 Å². The van der Waals surface area contributed by atoms with Crippen molar-refractivity contribution in [3.8, 4) is 11.4 Å². The fraction of sp³-hybridized carbons (Fsp3) is 0.207. The first-order valence-corrected chi connectivity index (χ1v) is 13.6. The Kier molecular flexibility index (Phi) is 7.83. The molecule has 0 saturated carbocycles. The van der Waals surface area contributed by atoms with E-state index in [1.54, 1.807) is 0 Å². The number of nitrogens with one attached hydrogen (secondary N) is 2. The molecule has 0 aliphatic carbocycles. The first kappa shape index (κ1) is 27.3. The molecule has 0 fully saturated rings. The SMILES string of the molecule is CCCCc1ccc(NC(=O)CSc2nc3c([nH]c4ccccc43)c(=O)n2-c2ccc(OC(F)(F)F)cc2)cc1. The molecule has 0 unspecified atom stereocenters. The summed E-state index contributed by atoms with van der Waals surface area (Å²) in [6.45, 7) is 2.13. The minimum absolute atomic E-state index is 0.0485. The Morgan fingerprint density at radius 1 is 1.05 bits per heavy atom. The summed E-state index contributed by atoms with van der Waals surface area (Å²) in [7, 11) is 0. The van der Waals surface area contributed by atoms with Crippen LogP contribution in [0.5, 0.6) is 5.75 Å². The highest BCUT2D eigenvalue weighted by atomic mass is 32.2. The molecule has 40 heavy (non-hydrogen) atoms. The highest BCUT2D eigenvalue weighted by Crippen LogP contribution is 2.28. The lowest BCUT2D eigenvalue weighted by Crippen LogP contribution is -2.23. The van der Waals surface area contributed by atoms with Crippen molar-refractivity contribution in [2.24, 2.45) is 0 Å². The predicted octanol–water partition coefficient (Wildman–Crippen LogP) is 6.84. The third-order valence-corrected chi connectivity index (χ3v) is 7.15. The average Bonchev–Trinajstić information content (AvgIpc) is 3.30. The molecule has 2 N–H and O–H groups in total. The number of carbonyl (C=O) groups is 1. The van der Waals surface area contributed by atoms with Gasteiger partial charge in [0.2, 0.25) is 5.91 Å². The number of thioether (sulfide) groups is 1. The number of aromatic amines is 1. The number of halogens is 3. The number of benzene rings is 3. The van der Waals surface area contributed by atoms with E-state index >= 15 is 0 Å². The van der Waals surface area contributed by atoms with Crippen LogP contribution in [-0.2, 0) is 11.2 Å². The third kappa shape index (κ3) is 6.15. The van der Waals surface area contributed by atoms with Crippen LogP contribution in [0.1, 0.15) is 25.3 Å². The lowest BCUT2D eigenvalue weighted by Gasteiger charge is -2.14. The van der Waals surface area contributed by atoms with Crippen molar-refractivity contribution >= 4 is 45.3 Å². The zero-order chi connectivity index (χ0) is 28.3. The van der Waals surface area contributed by atoms with Crippen LogP contribution in [0.15, 0.2) is 82.7 Å². The van der Waals surface area contributed by atoms with Gasteiger partial charge in [-0.25, -0.2) is 4.98 Å². The number of hydrogen-bond acceptors (Lipinski definition) is 5. The number of fused-ring (bicyclic) bond motifs is 3. The van der Waals surface area contributed by atoms with Crippen LogP contribution in [0.3, 0.4) is 0 Å². The molecule has 7 nitrogen and oxygen atoms in total. The normalized spacial score (nSPS) is 11.7. The van der Waals surface area contributed by atoms with Crippen molar-refractivity contribution in [3.63, 3.8) is 0 Å². The summed E-state index contributed by atoms with van der Waals surface area (Å²) >= 11 is 1.05. The molecule has 0 aliphatic heterocycles. The van der Waals surface area contributed by atoms with Crippen LogP contribution in [0.2, 0.25) is 0 Å². The van der Waals surface area contributed by atoms with Gasteiger partial charge < -0.3 is 15.0 Å². The van der Waals surface area contributed by atoms with Gasteiger partial charge in [0.05, 0.1) is 11.4 Å². The molecule has 206 valence electrons. The van der Waals surface area contributed by atoms with Gasteiger partial charge >= 0.3 is 6.36 Å². The summed E-state index contributed by atoms with van der Waals surface area (Å²) in [5.41, 5.74) is 3.08. The number of anilines is 1. The third-order valence-electron chi connectivity index (χ3n) is 6.21. The second kappa shape index (κ2) is 11.5. The Morgan fingerprint density at radius 3 is 2.48 bits per heavy atom. The molecule has 5 aromatic rings. The molecule has 0 atom stereocenters. The molecule has 0 aliphatic rings. The van der Waals surface area contributed by atoms with E-state index in [2.05, 4.69) is 22.0 Å². The summed E-state index contributed by atoms with van der Waals surface area (Å²) in [6.07, 6.45) is -1.67. The maximum absolute atomic E-state index is 13.6. The number of aryl methyl sites for hydroxylation is 1. The lowest BCUT2D eigenvalue weighted by atomic mass is 10.1. The van der Waals surface area contributed by atoms with Crippen LogP contribution < -0.4 is 15.6 Å². The quantitative estimate of drug-likeness (QED) is 0.151. The van der Waals surface area contributed by atoms with Gasteiger partial charge in [-0.05, 0) is 60.9 Å². The molecule has 3 aromatic carbocycles. The van der Waals surface area contributed by atoms with E-state index in [-0.39, 0.29) is 28.0 Å². The van der Waals surface area contributed by atoms with Crippen LogP contribution in [0.25, 0.3) is 27.6 Å². The highest BCUT2D eigenvalue weighted by molar-refractivity contribution is 7.99. The standard InChI is InChI=1S/C29H25F3N4O3S/c1-2-3-6-18-9-11-19(12-10-18)33-24(37)17-40-28-35-25-22-7-4-5-8-23(22)34-26(25)27(38)36(28)20-13-15-21(16-14-20)39-29(30,31)32/h4-5,7-16,34H,2-3,6,17H2,1H3,(H,33,37). The van der Waals surface area contributed by atoms with Gasteiger partial charge in [0.15, 0.2) is 5.16 Å². The van der Waals surface area contributed by atoms with Crippen molar-refractivity contribution in [2.45, 2.75) is 37.7 Å². The molecular weight excluding hydrogens is 541 g/mol. The smallest absolute Gasteiger partial charge is 0.406 e. The predicted molar refractivity (Wildman–Crippen MR) is 150 cm³/mol. The molecule has 2 heterocycles. The Morgan fingerprint density at radius 2 is 1.77 bits per heavy atom. The van der Waals surface area contributed by atoms with E-state index < -0.39 is 17.7 Å². The highest BCUT2D eigenvalue weighted by Gasteiger charge is 2.31. The van der Waals surface area contributed by atoms with Crippen molar-refractivity contribution in [3.05, 3.63) is 88.7 Å². The minimum atomic E-state index is -4.84. The van der Waals surface area contributed by atoms with E-state index in [1.165, 1.54) is 22.3 Å². The van der Waals surface area contributed by atoms with E-state index in [4.69, 9.17) is 4.98 Å². The van der Waals surface area contributed by atoms with Crippen LogP contribution in [0, 0.1) is 0 Å². The van der Waals surface area contributed by atoms with Crippen LogP contribution in [0.4, 0.5) is 18.9 Å². The van der Waals surface area contributed by atoms with Crippen LogP contribution in [-0.4, -0.2) is 32.6 Å². The largest absolute Gasteiger partial charge is 0.573 e. The molecule has 0 saturated heterocycles. The molecule has 0 radical (unpaired) electrons. The average molecular weight is 567 g/mol. The van der Waals surface area contributed by atoms with Crippen molar-refractivity contribution in [1.82, 2.24) is 14.5 Å². The summed E-state index contributed by atoms with van der Waals surface area (Å²) < 4.78 is 43.1. The maximum atomic E-state index is 13.6. The Bertz CT molecular complexity index is 1710. The second-order valence-electron chi connectivity index (χ2n) is 9.11. The number of ether oxygens (including phenoxy) is 1. The fourth-order valence-corrected chi connectivity index (χ4v) is 5.13. The Labute approximate surface area is 231 Å². The molecule has 0 spiro atoms. The maximum Gasteiger partial charge on any atom is 0.573 e. The zero-order valence-corrected chi connectivity index (χ0v) is 22.2. The second-order valence-corrected chi connectivity index (χ2v) is 10.1. The number of carbonyl (C=O) groups excluding carboxylic acids is 1. The van der Waals surface area contributed by atoms with Gasteiger partial charge in [-0.3, -0.25) is 14.2 Å². The van der Waals surface area contributed by atoms with Gasteiger partial charge in [-0.2, -0.15) is 0 Å². The Balaban J connectivity index is 1.45. The molecule has 1 amide bonds. The number of amides is 1. The number of unbranched alkanes of at least 4 members (excludes halogenated alkanes) is 1. The van der Waals surface area contributed by atoms with E-state index in [1.807, 2.05) is 48.5 Å². The topological polar surface area (TPSA) is 89.0 Å². The fourth-order valence-electron chi connectivity index (χ4n) is 4.33. The number of hydrogen-bond donors (Lipinski definition) is 2. The van der Waals surface area contributed by atoms with Crippen LogP contribution >= 0.6 is 11.8 Å². The first-order valence-electron chi connectivity index (χ1n) is 12.6. The lowest BCUT2D eigenvalue weighted by molar-refractivity contribution is -0.274. The number of H-pyrrole nitrogens is 1. The number of para-hydroxylation sites is 1. The summed E-state index contributed by atoms with van der Waals surface area (Å²) in [5, 5.41) is 3.82. The summed E-state index contributed by atoms with van der Waals surface area (Å²) in [4.78, 5) is 34.2. The number of nitrogens with zero attached hydrogens (tertiary/aromatic N) is 2. The molecule has 2 aromatic heterocycles. The van der Waals surface area contributed by atoms with Crippen molar-refractivity contribution in [1.29, 1.82) is 0 Å². The molecular formula is C29H25F3N4O3S. The van der Waals surface area contributed by atoms with Gasteiger partial charge in [-0.15, -0.1) is 13.2 Å². The van der Waals surface area contributed by atoms with Gasteiger partial charge in [-0.1, -0.05) is 55.4 Å².